The fourth-order valence-corrected chi connectivity index (χ4v) is 1.99. The number of aromatic amines is 1. The van der Waals surface area contributed by atoms with Crippen LogP contribution in [0.25, 0.3) is 0 Å². The largest absolute Gasteiger partial charge is 0.379 e. The first-order valence-corrected chi connectivity index (χ1v) is 5.34. The Labute approximate surface area is 83.8 Å². The Balaban J connectivity index is 1.70. The van der Waals surface area contributed by atoms with Gasteiger partial charge in [0.05, 0.1) is 18.6 Å². The van der Waals surface area contributed by atoms with E-state index in [9.17, 15) is 0 Å². The third kappa shape index (κ3) is 1.37. The zero-order valence-electron chi connectivity index (χ0n) is 8.25. The van der Waals surface area contributed by atoms with Gasteiger partial charge in [0.2, 0.25) is 0 Å². The van der Waals surface area contributed by atoms with Gasteiger partial charge >= 0.3 is 0 Å². The summed E-state index contributed by atoms with van der Waals surface area (Å²) in [5.41, 5.74) is 1.54. The highest BCUT2D eigenvalue weighted by molar-refractivity contribution is 5.22. The van der Waals surface area contributed by atoms with Crippen molar-refractivity contribution in [1.29, 1.82) is 0 Å². The molecular formula is C11H16N2O. The number of rotatable bonds is 4. The monoisotopic (exact) mass is 192 g/mol. The molecule has 0 atom stereocenters. The Morgan fingerprint density at radius 2 is 2.36 bits per heavy atom. The molecule has 14 heavy (non-hydrogen) atoms. The van der Waals surface area contributed by atoms with Crippen LogP contribution in [0.2, 0.25) is 0 Å². The molecule has 1 aromatic rings. The van der Waals surface area contributed by atoms with Crippen molar-refractivity contribution < 1.29 is 4.74 Å². The van der Waals surface area contributed by atoms with E-state index in [4.69, 9.17) is 4.74 Å². The lowest BCUT2D eigenvalue weighted by molar-refractivity contribution is -0.0610. The summed E-state index contributed by atoms with van der Waals surface area (Å²) in [5.74, 6) is 0. The number of ether oxygens (including phenoxy) is 1. The summed E-state index contributed by atoms with van der Waals surface area (Å²) in [7, 11) is 0. The van der Waals surface area contributed by atoms with Gasteiger partial charge in [-0.25, -0.2) is 0 Å². The van der Waals surface area contributed by atoms with Gasteiger partial charge in [0, 0.05) is 24.5 Å². The molecule has 2 N–H and O–H groups in total. The average Bonchev–Trinajstić information content (AvgIpc) is 2.78. The SMILES string of the molecule is c1c[nH]c(C2(CNC3CC3)COC2)c1. The fraction of sp³-hybridized carbons (Fsp3) is 0.636. The van der Waals surface area contributed by atoms with Gasteiger partial charge in [0.1, 0.15) is 0 Å². The van der Waals surface area contributed by atoms with Crippen molar-refractivity contribution in [1.82, 2.24) is 10.3 Å². The maximum atomic E-state index is 5.35. The summed E-state index contributed by atoms with van der Waals surface area (Å²) in [4.78, 5) is 3.30. The molecule has 3 nitrogen and oxygen atoms in total. The molecular weight excluding hydrogens is 176 g/mol. The standard InChI is InChI=1S/C11H16N2O/c1-2-10(12-5-1)11(7-14-8-11)6-13-9-3-4-9/h1-2,5,9,12-13H,3-4,6-8H2. The fourth-order valence-electron chi connectivity index (χ4n) is 1.99. The highest BCUT2D eigenvalue weighted by Crippen LogP contribution is 2.31. The van der Waals surface area contributed by atoms with E-state index in [1.807, 2.05) is 6.20 Å². The number of hydrogen-bond acceptors (Lipinski definition) is 2. The minimum absolute atomic E-state index is 0.228. The quantitative estimate of drug-likeness (QED) is 0.747. The number of hydrogen-bond donors (Lipinski definition) is 2. The van der Waals surface area contributed by atoms with Crippen molar-refractivity contribution in [3.8, 4) is 0 Å². The van der Waals surface area contributed by atoms with E-state index in [0.29, 0.717) is 0 Å². The molecule has 0 unspecified atom stereocenters. The van der Waals surface area contributed by atoms with Gasteiger partial charge < -0.3 is 15.0 Å². The summed E-state index contributed by atoms with van der Waals surface area (Å²) >= 11 is 0. The minimum atomic E-state index is 0.228. The second-order valence-corrected chi connectivity index (χ2v) is 4.51. The van der Waals surface area contributed by atoms with Crippen molar-refractivity contribution in [3.05, 3.63) is 24.0 Å². The molecule has 0 spiro atoms. The Morgan fingerprint density at radius 1 is 1.50 bits per heavy atom. The van der Waals surface area contributed by atoms with Crippen LogP contribution in [-0.2, 0) is 10.2 Å². The summed E-state index contributed by atoms with van der Waals surface area (Å²) in [5, 5.41) is 3.59. The molecule has 0 radical (unpaired) electrons. The highest BCUT2D eigenvalue weighted by atomic mass is 16.5. The normalized spacial score (nSPS) is 24.6. The molecule has 1 aliphatic heterocycles. The molecule has 0 amide bonds. The van der Waals surface area contributed by atoms with E-state index in [0.717, 1.165) is 25.8 Å². The van der Waals surface area contributed by atoms with Crippen molar-refractivity contribution in [3.63, 3.8) is 0 Å². The van der Waals surface area contributed by atoms with E-state index < -0.39 is 0 Å². The van der Waals surface area contributed by atoms with Crippen LogP contribution in [0.3, 0.4) is 0 Å². The van der Waals surface area contributed by atoms with Crippen LogP contribution >= 0.6 is 0 Å². The van der Waals surface area contributed by atoms with Crippen LogP contribution in [0.4, 0.5) is 0 Å². The maximum absolute atomic E-state index is 5.35. The Morgan fingerprint density at radius 3 is 2.86 bits per heavy atom. The second kappa shape index (κ2) is 3.11. The maximum Gasteiger partial charge on any atom is 0.0694 e. The molecule has 1 aliphatic carbocycles. The molecule has 1 aromatic heterocycles. The van der Waals surface area contributed by atoms with E-state index >= 15 is 0 Å². The number of nitrogens with one attached hydrogen (secondary N) is 2. The lowest BCUT2D eigenvalue weighted by atomic mass is 9.82. The molecule has 2 heterocycles. The van der Waals surface area contributed by atoms with Crippen LogP contribution in [0.1, 0.15) is 18.5 Å². The lowest BCUT2D eigenvalue weighted by Crippen LogP contribution is -2.54. The first-order chi connectivity index (χ1) is 6.89. The summed E-state index contributed by atoms with van der Waals surface area (Å²) < 4.78 is 5.35. The van der Waals surface area contributed by atoms with E-state index in [2.05, 4.69) is 22.4 Å². The third-order valence-electron chi connectivity index (χ3n) is 3.23. The van der Waals surface area contributed by atoms with Crippen LogP contribution in [0.5, 0.6) is 0 Å². The third-order valence-corrected chi connectivity index (χ3v) is 3.23. The molecule has 76 valence electrons. The van der Waals surface area contributed by atoms with Crippen LogP contribution in [-0.4, -0.2) is 30.8 Å². The topological polar surface area (TPSA) is 37.0 Å². The molecule has 2 aliphatic rings. The molecule has 1 saturated carbocycles. The Bertz CT molecular complexity index is 299. The van der Waals surface area contributed by atoms with Gasteiger partial charge in [-0.1, -0.05) is 0 Å². The minimum Gasteiger partial charge on any atom is -0.379 e. The van der Waals surface area contributed by atoms with E-state index in [1.54, 1.807) is 0 Å². The number of aromatic nitrogens is 1. The summed E-state index contributed by atoms with van der Waals surface area (Å²) in [6, 6.07) is 5.01. The van der Waals surface area contributed by atoms with Gasteiger partial charge in [-0.15, -0.1) is 0 Å². The molecule has 1 saturated heterocycles. The van der Waals surface area contributed by atoms with Gasteiger partial charge in [-0.3, -0.25) is 0 Å². The lowest BCUT2D eigenvalue weighted by Gasteiger charge is -2.41. The molecule has 3 rings (SSSR count). The first kappa shape index (κ1) is 8.50. The van der Waals surface area contributed by atoms with Crippen molar-refractivity contribution in [2.45, 2.75) is 24.3 Å². The van der Waals surface area contributed by atoms with Gasteiger partial charge in [-0.05, 0) is 25.0 Å². The smallest absolute Gasteiger partial charge is 0.0694 e. The van der Waals surface area contributed by atoms with Crippen molar-refractivity contribution in [2.24, 2.45) is 0 Å². The zero-order valence-corrected chi connectivity index (χ0v) is 8.25. The van der Waals surface area contributed by atoms with E-state index in [-0.39, 0.29) is 5.41 Å². The average molecular weight is 192 g/mol. The van der Waals surface area contributed by atoms with Crippen LogP contribution < -0.4 is 5.32 Å². The van der Waals surface area contributed by atoms with Gasteiger partial charge in [0.25, 0.3) is 0 Å². The first-order valence-electron chi connectivity index (χ1n) is 5.34. The second-order valence-electron chi connectivity index (χ2n) is 4.51. The molecule has 0 aromatic carbocycles. The number of H-pyrrole nitrogens is 1. The highest BCUT2D eigenvalue weighted by Gasteiger charge is 2.42. The predicted octanol–water partition coefficient (Wildman–Crippen LogP) is 1.03. The van der Waals surface area contributed by atoms with Gasteiger partial charge in [-0.2, -0.15) is 0 Å². The predicted molar refractivity (Wildman–Crippen MR) is 54.3 cm³/mol. The Hall–Kier alpha value is -0.800. The van der Waals surface area contributed by atoms with Crippen LogP contribution in [0, 0.1) is 0 Å². The van der Waals surface area contributed by atoms with Crippen LogP contribution in [0.15, 0.2) is 18.3 Å². The van der Waals surface area contributed by atoms with E-state index in [1.165, 1.54) is 18.5 Å². The summed E-state index contributed by atoms with van der Waals surface area (Å²) in [6.07, 6.45) is 4.69. The molecule has 3 heteroatoms. The zero-order chi connectivity index (χ0) is 9.43. The summed E-state index contributed by atoms with van der Waals surface area (Å²) in [6.45, 7) is 2.76. The molecule has 2 fully saturated rings. The van der Waals surface area contributed by atoms with Gasteiger partial charge in [0.15, 0.2) is 0 Å². The Kier molecular flexibility index (Phi) is 1.89. The van der Waals surface area contributed by atoms with Crippen molar-refractivity contribution >= 4 is 0 Å². The molecule has 0 bridgehead atoms. The van der Waals surface area contributed by atoms with Crippen molar-refractivity contribution in [2.75, 3.05) is 19.8 Å².